The van der Waals surface area contributed by atoms with Gasteiger partial charge in [0.25, 0.3) is 5.78 Å². The van der Waals surface area contributed by atoms with Gasteiger partial charge in [0, 0.05) is 5.56 Å². The van der Waals surface area contributed by atoms with E-state index in [1.165, 1.54) is 6.08 Å². The van der Waals surface area contributed by atoms with Gasteiger partial charge in [-0.3, -0.25) is 0 Å². The number of aryl methyl sites for hydroxylation is 4. The van der Waals surface area contributed by atoms with Gasteiger partial charge in [-0.1, -0.05) is 18.2 Å². The molecule has 0 saturated heterocycles. The lowest BCUT2D eigenvalue weighted by Crippen LogP contribution is -2.31. The number of hydrogen-bond acceptors (Lipinski definition) is 1. The minimum absolute atomic E-state index is 0.127. The summed E-state index contributed by atoms with van der Waals surface area (Å²) in [5.41, 5.74) is 5.47. The van der Waals surface area contributed by atoms with E-state index in [1.807, 2.05) is 52.0 Å². The molecule has 0 fully saturated rings. The first-order valence-corrected chi connectivity index (χ1v) is 7.87. The molecular formula is C19H19BF2O2. The Morgan fingerprint density at radius 1 is 0.792 bits per heavy atom. The quantitative estimate of drug-likeness (QED) is 0.556. The summed E-state index contributed by atoms with van der Waals surface area (Å²) in [6.45, 7) is 7.83. The molecule has 2 nitrogen and oxygen atoms in total. The van der Waals surface area contributed by atoms with Gasteiger partial charge in [0.2, 0.25) is 0 Å². The first-order chi connectivity index (χ1) is 11.2. The lowest BCUT2D eigenvalue weighted by molar-refractivity contribution is -0.183. The summed E-state index contributed by atoms with van der Waals surface area (Å²) >= 11 is 0. The number of allylic oxidation sites excluding steroid dienone is 1. The zero-order valence-corrected chi connectivity index (χ0v) is 14.2. The van der Waals surface area contributed by atoms with Crippen LogP contribution in [0.4, 0.5) is 8.63 Å². The van der Waals surface area contributed by atoms with E-state index in [4.69, 9.17) is 9.00 Å². The first-order valence-electron chi connectivity index (χ1n) is 7.87. The molecule has 24 heavy (non-hydrogen) atoms. The van der Waals surface area contributed by atoms with Crippen molar-refractivity contribution in [1.29, 1.82) is 0 Å². The maximum Gasteiger partial charge on any atom is 0.995 e. The van der Waals surface area contributed by atoms with Crippen molar-refractivity contribution in [3.05, 3.63) is 75.9 Å². The number of hydrogen-bond donors (Lipinski definition) is 0. The van der Waals surface area contributed by atoms with Gasteiger partial charge in [0.1, 0.15) is 0 Å². The molecule has 0 spiro atoms. The fraction of sp³-hybridized carbons (Fsp3) is 0.211. The molecule has 3 rings (SSSR count). The summed E-state index contributed by atoms with van der Waals surface area (Å²) in [5.74, 6) is 0.255. The third-order valence-corrected chi connectivity index (χ3v) is 4.37. The lowest BCUT2D eigenvalue weighted by Gasteiger charge is -2.21. The number of rotatable bonds is 2. The minimum atomic E-state index is -4.40. The Bertz CT molecular complexity index is 870. The summed E-state index contributed by atoms with van der Waals surface area (Å²) < 4.78 is 37.6. The zero-order valence-electron chi connectivity index (χ0n) is 14.2. The van der Waals surface area contributed by atoms with Crippen molar-refractivity contribution in [2.45, 2.75) is 27.7 Å². The van der Waals surface area contributed by atoms with E-state index in [0.717, 1.165) is 22.3 Å². The molecular weight excluding hydrogens is 309 g/mol. The van der Waals surface area contributed by atoms with E-state index in [1.54, 1.807) is 12.1 Å². The highest BCUT2D eigenvalue weighted by atomic mass is 19.3. The highest BCUT2D eigenvalue weighted by Gasteiger charge is 2.53. The van der Waals surface area contributed by atoms with Crippen LogP contribution in [0.25, 0.3) is 5.76 Å². The van der Waals surface area contributed by atoms with Crippen LogP contribution in [0.1, 0.15) is 37.7 Å². The standard InChI is InChI=1S/C19H19BF2O2/c1-12-5-7-16(9-14(12)3)18-11-19(24-20(21,22)23-18)17-8-6-13(2)15(4)10-17/h5-11H,1-4H3. The monoisotopic (exact) mass is 328 g/mol. The molecule has 0 atom stereocenters. The molecule has 2 aromatic carbocycles. The molecule has 1 aliphatic rings. The smallest absolute Gasteiger partial charge is 0.569 e. The number of carbonyl (C=O) groups excluding carboxylic acids is 1. The van der Waals surface area contributed by atoms with Crippen molar-refractivity contribution in [1.82, 2.24) is 0 Å². The molecule has 1 aliphatic heterocycles. The molecule has 124 valence electrons. The van der Waals surface area contributed by atoms with Gasteiger partial charge < -0.3 is 17.6 Å². The van der Waals surface area contributed by atoms with E-state index < -0.39 is 7.11 Å². The van der Waals surface area contributed by atoms with Gasteiger partial charge in [-0.05, 0) is 68.1 Å². The van der Waals surface area contributed by atoms with Crippen molar-refractivity contribution >= 4 is 18.6 Å². The second-order valence-corrected chi connectivity index (χ2v) is 6.24. The second-order valence-electron chi connectivity index (χ2n) is 6.24. The Kier molecular flexibility index (Phi) is 4.04. The largest absolute Gasteiger partial charge is 0.995 e. The van der Waals surface area contributed by atoms with Crippen molar-refractivity contribution in [3.8, 4) is 0 Å². The number of ketones is 1. The van der Waals surface area contributed by atoms with Crippen molar-refractivity contribution in [2.75, 3.05) is 0 Å². The Balaban J connectivity index is 2.07. The van der Waals surface area contributed by atoms with Crippen LogP contribution < -0.4 is 0 Å². The van der Waals surface area contributed by atoms with Gasteiger partial charge >= 0.3 is 7.11 Å². The number of benzene rings is 2. The SMILES string of the molecule is Cc1ccc(C2=CC(c3ccc(C)c(C)c3)=[O+][B-](F)(F)O2)cc1C. The Labute approximate surface area is 140 Å². The van der Waals surface area contributed by atoms with Crippen LogP contribution in [0, 0.1) is 27.7 Å². The van der Waals surface area contributed by atoms with Crippen molar-refractivity contribution in [3.63, 3.8) is 0 Å². The predicted octanol–water partition coefficient (Wildman–Crippen LogP) is 5.08. The third kappa shape index (κ3) is 3.25. The van der Waals surface area contributed by atoms with Crippen LogP contribution in [0.15, 0.2) is 42.5 Å². The molecule has 5 heteroatoms. The highest BCUT2D eigenvalue weighted by molar-refractivity contribution is 6.52. The van der Waals surface area contributed by atoms with Gasteiger partial charge in [-0.25, -0.2) is 0 Å². The van der Waals surface area contributed by atoms with Crippen LogP contribution in [-0.2, 0) is 4.65 Å². The summed E-state index contributed by atoms with van der Waals surface area (Å²) in [6.07, 6.45) is 1.54. The fourth-order valence-electron chi connectivity index (χ4n) is 2.60. The van der Waals surface area contributed by atoms with E-state index in [9.17, 15) is 8.63 Å². The van der Waals surface area contributed by atoms with E-state index in [2.05, 4.69) is 0 Å². The van der Waals surface area contributed by atoms with E-state index in [0.29, 0.717) is 11.1 Å². The zero-order chi connectivity index (χ0) is 17.5. The van der Waals surface area contributed by atoms with Crippen molar-refractivity contribution in [2.24, 2.45) is 0 Å². The van der Waals surface area contributed by atoms with Gasteiger partial charge in [-0.15, -0.1) is 0 Å². The fourth-order valence-corrected chi connectivity index (χ4v) is 2.60. The van der Waals surface area contributed by atoms with Crippen LogP contribution in [0.2, 0.25) is 0 Å². The molecule has 0 saturated carbocycles. The molecule has 0 aliphatic carbocycles. The Morgan fingerprint density at radius 3 is 1.92 bits per heavy atom. The first kappa shape index (κ1) is 16.4. The summed E-state index contributed by atoms with van der Waals surface area (Å²) in [5, 5.41) is 0. The van der Waals surface area contributed by atoms with E-state index in [-0.39, 0.29) is 11.5 Å². The Hall–Kier alpha value is -2.43. The molecule has 0 bridgehead atoms. The van der Waals surface area contributed by atoms with Crippen LogP contribution in [-0.4, -0.2) is 12.9 Å². The number of halogens is 2. The van der Waals surface area contributed by atoms with Crippen LogP contribution in [0.3, 0.4) is 0 Å². The second kappa shape index (κ2) is 5.89. The normalized spacial score (nSPS) is 16.2. The molecule has 0 unspecified atom stereocenters. The molecule has 0 radical (unpaired) electrons. The average Bonchev–Trinajstić information content (AvgIpc) is 2.51. The van der Waals surface area contributed by atoms with Gasteiger partial charge in [0.05, 0.1) is 17.4 Å². The Morgan fingerprint density at radius 2 is 1.33 bits per heavy atom. The maximum absolute atomic E-state index is 14.0. The van der Waals surface area contributed by atoms with Crippen LogP contribution in [0.5, 0.6) is 0 Å². The van der Waals surface area contributed by atoms with Gasteiger partial charge in [-0.2, -0.15) is 0 Å². The lowest BCUT2D eigenvalue weighted by atomic mass is 9.99. The van der Waals surface area contributed by atoms with Crippen LogP contribution >= 0.6 is 0 Å². The summed E-state index contributed by atoms with van der Waals surface area (Å²) in [4.78, 5) is 0. The summed E-state index contributed by atoms with van der Waals surface area (Å²) in [6, 6.07) is 11.0. The van der Waals surface area contributed by atoms with Crippen molar-refractivity contribution < 1.29 is 17.6 Å². The molecule has 0 N–H and O–H groups in total. The average molecular weight is 328 g/mol. The molecule has 1 heterocycles. The molecule has 2 aromatic rings. The maximum atomic E-state index is 14.0. The minimum Gasteiger partial charge on any atom is -0.569 e. The highest BCUT2D eigenvalue weighted by Crippen LogP contribution is 2.30. The van der Waals surface area contributed by atoms with Gasteiger partial charge in [0.15, 0.2) is 0 Å². The molecule has 0 amide bonds. The van der Waals surface area contributed by atoms with E-state index >= 15 is 0 Å². The summed E-state index contributed by atoms with van der Waals surface area (Å²) in [7, 11) is -4.40. The predicted molar refractivity (Wildman–Crippen MR) is 93.2 cm³/mol. The topological polar surface area (TPSA) is 20.5 Å². The molecule has 0 aromatic heterocycles. The third-order valence-electron chi connectivity index (χ3n) is 4.37.